The van der Waals surface area contributed by atoms with Crippen LogP contribution in [0.5, 0.6) is 0 Å². The number of benzene rings is 2. The lowest BCUT2D eigenvalue weighted by Gasteiger charge is -2.12. The second kappa shape index (κ2) is 5.38. The van der Waals surface area contributed by atoms with Gasteiger partial charge in [-0.05, 0) is 30.3 Å². The van der Waals surface area contributed by atoms with Crippen molar-refractivity contribution in [3.63, 3.8) is 0 Å². The molecule has 7 heteroatoms. The molecule has 0 bridgehead atoms. The molecule has 0 saturated carbocycles. The van der Waals surface area contributed by atoms with Gasteiger partial charge < -0.3 is 17.2 Å². The van der Waals surface area contributed by atoms with E-state index in [2.05, 4.69) is 5.32 Å². The van der Waals surface area contributed by atoms with Crippen molar-refractivity contribution < 1.29 is 9.59 Å². The topological polar surface area (TPSA) is 129 Å². The number of aromatic nitrogens is 1. The van der Waals surface area contributed by atoms with Gasteiger partial charge in [0.15, 0.2) is 0 Å². The molecular weight excluding hydrogens is 294 g/mol. The van der Waals surface area contributed by atoms with Gasteiger partial charge in [-0.1, -0.05) is 18.2 Å². The lowest BCUT2D eigenvalue weighted by Crippen LogP contribution is -2.24. The van der Waals surface area contributed by atoms with Crippen LogP contribution in [0.3, 0.4) is 0 Å². The molecule has 1 aromatic heterocycles. The third kappa shape index (κ3) is 2.44. The number of amides is 3. The minimum Gasteiger partial charge on any atom is -0.399 e. The number of nitrogens with one attached hydrogen (secondary N) is 1. The first-order chi connectivity index (χ1) is 11.0. The second-order valence-electron chi connectivity index (χ2n) is 5.02. The number of carbonyl (C=O) groups excluding carboxylic acids is 2. The summed E-state index contributed by atoms with van der Waals surface area (Å²) in [4.78, 5) is 23.3. The maximum absolute atomic E-state index is 11.9. The van der Waals surface area contributed by atoms with Crippen LogP contribution in [0.25, 0.3) is 16.6 Å². The van der Waals surface area contributed by atoms with E-state index >= 15 is 0 Å². The molecule has 3 aromatic rings. The van der Waals surface area contributed by atoms with E-state index in [9.17, 15) is 9.59 Å². The van der Waals surface area contributed by atoms with Crippen molar-refractivity contribution in [1.29, 1.82) is 0 Å². The zero-order valence-electron chi connectivity index (χ0n) is 12.1. The predicted octanol–water partition coefficient (Wildman–Crippen LogP) is 1.80. The van der Waals surface area contributed by atoms with E-state index in [4.69, 9.17) is 17.2 Å². The Hall–Kier alpha value is -3.48. The molecule has 116 valence electrons. The largest absolute Gasteiger partial charge is 0.399 e. The number of primary amides is 2. The quantitative estimate of drug-likeness (QED) is 0.550. The van der Waals surface area contributed by atoms with Crippen molar-refractivity contribution in [3.05, 3.63) is 54.1 Å². The first-order valence-corrected chi connectivity index (χ1v) is 6.84. The van der Waals surface area contributed by atoms with E-state index in [1.165, 1.54) is 0 Å². The molecule has 0 aliphatic carbocycles. The smallest absolute Gasteiger partial charge is 0.317 e. The Balaban J connectivity index is 2.40. The molecule has 0 spiro atoms. The van der Waals surface area contributed by atoms with Crippen molar-refractivity contribution in [3.8, 4) is 5.69 Å². The number of urea groups is 1. The normalized spacial score (nSPS) is 10.6. The molecule has 2 aromatic carbocycles. The summed E-state index contributed by atoms with van der Waals surface area (Å²) in [7, 11) is 0. The van der Waals surface area contributed by atoms with Crippen molar-refractivity contribution in [2.24, 2.45) is 11.5 Å². The summed E-state index contributed by atoms with van der Waals surface area (Å²) in [5.74, 6) is -0.421. The van der Waals surface area contributed by atoms with Gasteiger partial charge in [-0.25, -0.2) is 4.79 Å². The van der Waals surface area contributed by atoms with Crippen LogP contribution in [0, 0.1) is 0 Å². The van der Waals surface area contributed by atoms with Crippen molar-refractivity contribution in [2.75, 3.05) is 11.1 Å². The number of para-hydroxylation sites is 1. The number of nitrogen functional groups attached to an aromatic ring is 1. The van der Waals surface area contributed by atoms with Gasteiger partial charge in [-0.15, -0.1) is 0 Å². The van der Waals surface area contributed by atoms with Crippen molar-refractivity contribution in [1.82, 2.24) is 4.57 Å². The Labute approximate surface area is 131 Å². The Morgan fingerprint density at radius 1 is 0.957 bits per heavy atom. The molecule has 3 rings (SSSR count). The van der Waals surface area contributed by atoms with Crippen LogP contribution in [0.15, 0.2) is 48.5 Å². The number of hydrogen-bond donors (Lipinski definition) is 4. The number of anilines is 2. The molecule has 7 N–H and O–H groups in total. The molecule has 0 saturated heterocycles. The molecule has 7 nitrogen and oxygen atoms in total. The van der Waals surface area contributed by atoms with Crippen LogP contribution in [0.2, 0.25) is 0 Å². The predicted molar refractivity (Wildman–Crippen MR) is 89.4 cm³/mol. The van der Waals surface area contributed by atoms with Crippen molar-refractivity contribution >= 4 is 34.3 Å². The highest BCUT2D eigenvalue weighted by Gasteiger charge is 2.22. The lowest BCUT2D eigenvalue weighted by molar-refractivity contribution is 0.100. The highest BCUT2D eigenvalue weighted by Crippen LogP contribution is 2.33. The average Bonchev–Trinajstić information content (AvgIpc) is 2.81. The molecule has 0 fully saturated rings. The van der Waals surface area contributed by atoms with Crippen LogP contribution in [-0.2, 0) is 0 Å². The van der Waals surface area contributed by atoms with Gasteiger partial charge in [0.2, 0.25) is 0 Å². The summed E-state index contributed by atoms with van der Waals surface area (Å²) >= 11 is 0. The van der Waals surface area contributed by atoms with Gasteiger partial charge in [0, 0.05) is 16.8 Å². The Bertz CT molecular complexity index is 912. The number of rotatable bonds is 3. The average molecular weight is 309 g/mol. The molecule has 0 aliphatic rings. The maximum Gasteiger partial charge on any atom is 0.317 e. The fourth-order valence-electron chi connectivity index (χ4n) is 2.62. The van der Waals surface area contributed by atoms with Gasteiger partial charge in [0.1, 0.15) is 5.82 Å². The highest BCUT2D eigenvalue weighted by molar-refractivity contribution is 6.14. The Morgan fingerprint density at radius 2 is 1.61 bits per heavy atom. The third-order valence-electron chi connectivity index (χ3n) is 3.51. The molecule has 0 atom stereocenters. The fraction of sp³-hybridized carbons (Fsp3) is 0. The van der Waals surface area contributed by atoms with Crippen LogP contribution in [0.4, 0.5) is 16.3 Å². The summed E-state index contributed by atoms with van der Waals surface area (Å²) in [5.41, 5.74) is 18.7. The molecule has 0 radical (unpaired) electrons. The minimum atomic E-state index is -0.785. The van der Waals surface area contributed by atoms with Crippen molar-refractivity contribution in [2.45, 2.75) is 0 Å². The third-order valence-corrected chi connectivity index (χ3v) is 3.51. The van der Waals surface area contributed by atoms with Crippen LogP contribution in [0.1, 0.15) is 10.4 Å². The van der Waals surface area contributed by atoms with Crippen LogP contribution >= 0.6 is 0 Å². The van der Waals surface area contributed by atoms with E-state index in [0.29, 0.717) is 16.8 Å². The number of carbonyl (C=O) groups is 2. The van der Waals surface area contributed by atoms with Gasteiger partial charge in [-0.3, -0.25) is 14.7 Å². The lowest BCUT2D eigenvalue weighted by atomic mass is 10.1. The number of fused-ring (bicyclic) bond motifs is 1. The number of hydrogen-bond acceptors (Lipinski definition) is 3. The first kappa shape index (κ1) is 14.5. The zero-order chi connectivity index (χ0) is 16.6. The van der Waals surface area contributed by atoms with Crippen LogP contribution < -0.4 is 22.5 Å². The van der Waals surface area contributed by atoms with E-state index in [1.54, 1.807) is 41.0 Å². The van der Waals surface area contributed by atoms with Gasteiger partial charge in [0.05, 0.1) is 11.1 Å². The standard InChI is InChI=1S/C16H15N5O2/c17-9-5-7-10(8-6-9)21-12-4-2-1-3-11(12)13(14(18)22)15(21)20-16(19)23/h1-8H,17H2,(H2,18,22)(H3,19,20,23). The van der Waals surface area contributed by atoms with E-state index < -0.39 is 11.9 Å². The Kier molecular flexibility index (Phi) is 3.38. The van der Waals surface area contributed by atoms with Gasteiger partial charge in [-0.2, -0.15) is 0 Å². The van der Waals surface area contributed by atoms with E-state index in [1.807, 2.05) is 12.1 Å². The van der Waals surface area contributed by atoms with Gasteiger partial charge in [0.25, 0.3) is 5.91 Å². The van der Waals surface area contributed by atoms with Crippen LogP contribution in [-0.4, -0.2) is 16.5 Å². The monoisotopic (exact) mass is 309 g/mol. The first-order valence-electron chi connectivity index (χ1n) is 6.84. The van der Waals surface area contributed by atoms with E-state index in [-0.39, 0.29) is 11.4 Å². The maximum atomic E-state index is 11.9. The number of nitrogens with zero attached hydrogens (tertiary/aromatic N) is 1. The minimum absolute atomic E-state index is 0.205. The highest BCUT2D eigenvalue weighted by atomic mass is 16.2. The summed E-state index contributed by atoms with van der Waals surface area (Å²) in [6.07, 6.45) is 0. The Morgan fingerprint density at radius 3 is 2.22 bits per heavy atom. The summed E-state index contributed by atoms with van der Waals surface area (Å²) in [6.45, 7) is 0. The molecule has 0 aliphatic heterocycles. The SMILES string of the molecule is NC(=O)Nc1c(C(N)=O)c2ccccc2n1-c1ccc(N)cc1. The molecular formula is C16H15N5O2. The summed E-state index contributed by atoms with van der Waals surface area (Å²) in [5, 5.41) is 3.12. The second-order valence-corrected chi connectivity index (χ2v) is 5.02. The van der Waals surface area contributed by atoms with E-state index in [0.717, 1.165) is 5.52 Å². The zero-order valence-corrected chi connectivity index (χ0v) is 12.1. The molecule has 1 heterocycles. The summed E-state index contributed by atoms with van der Waals surface area (Å²) in [6, 6.07) is 13.4. The van der Waals surface area contributed by atoms with Gasteiger partial charge >= 0.3 is 6.03 Å². The fourth-order valence-corrected chi connectivity index (χ4v) is 2.62. The summed E-state index contributed by atoms with van der Waals surface area (Å²) < 4.78 is 1.71. The number of nitrogens with two attached hydrogens (primary N) is 3. The molecule has 3 amide bonds. The molecule has 0 unspecified atom stereocenters. The molecule has 23 heavy (non-hydrogen) atoms.